The molecule has 0 spiro atoms. The number of halogens is 1. The molecule has 2 rings (SSSR count). The van der Waals surface area contributed by atoms with E-state index in [1.54, 1.807) is 24.3 Å². The van der Waals surface area contributed by atoms with Gasteiger partial charge in [-0.15, -0.1) is 0 Å². The Kier molecular flexibility index (Phi) is 5.15. The van der Waals surface area contributed by atoms with E-state index in [-0.39, 0.29) is 6.10 Å². The molecule has 0 radical (unpaired) electrons. The second-order valence-corrected chi connectivity index (χ2v) is 5.55. The summed E-state index contributed by atoms with van der Waals surface area (Å²) in [5, 5.41) is 3.63. The van der Waals surface area contributed by atoms with Gasteiger partial charge in [-0.2, -0.15) is 0 Å². The molecule has 2 aromatic carbocycles. The number of ether oxygens (including phenoxy) is 1. The maximum absolute atomic E-state index is 11.7. The van der Waals surface area contributed by atoms with Gasteiger partial charge in [-0.3, -0.25) is 9.59 Å². The molecule has 0 fully saturated rings. The molecule has 5 heteroatoms. The molecule has 0 atom stereocenters. The summed E-state index contributed by atoms with van der Waals surface area (Å²) in [6.45, 7) is 5.17. The molecule has 0 amide bonds. The number of hydrogen-bond donors (Lipinski definition) is 1. The van der Waals surface area contributed by atoms with Gasteiger partial charge in [-0.25, -0.2) is 0 Å². The first-order valence-electron chi connectivity index (χ1n) is 6.95. The van der Waals surface area contributed by atoms with Gasteiger partial charge in [0, 0.05) is 18.2 Å². The summed E-state index contributed by atoms with van der Waals surface area (Å²) < 4.78 is 5.43. The van der Waals surface area contributed by atoms with E-state index in [9.17, 15) is 9.59 Å². The molecule has 0 bridgehead atoms. The lowest BCUT2D eigenvalue weighted by Gasteiger charge is -2.14. The molecule has 0 heterocycles. The Balaban J connectivity index is 2.01. The molecule has 2 aromatic rings. The maximum Gasteiger partial charge on any atom is 0.250 e. The average Bonchev–Trinajstić information content (AvgIpc) is 2.46. The van der Waals surface area contributed by atoms with Crippen molar-refractivity contribution in [3.8, 4) is 11.1 Å². The molecular formula is C16H18ClNO3. The number of anilines is 1. The lowest BCUT2D eigenvalue weighted by Crippen LogP contribution is -2.36. The summed E-state index contributed by atoms with van der Waals surface area (Å²) in [6, 6.07) is 6.89. The van der Waals surface area contributed by atoms with Crippen LogP contribution in [0.25, 0.3) is 11.1 Å². The molecule has 0 aliphatic carbocycles. The minimum atomic E-state index is -0.454. The fourth-order valence-corrected chi connectivity index (χ4v) is 2.18. The van der Waals surface area contributed by atoms with Crippen LogP contribution in [0.1, 0.15) is 20.3 Å². The van der Waals surface area contributed by atoms with Crippen LogP contribution in [-0.4, -0.2) is 19.3 Å². The third-order valence-electron chi connectivity index (χ3n) is 3.12. The highest BCUT2D eigenvalue weighted by molar-refractivity contribution is 6.30. The highest BCUT2D eigenvalue weighted by Crippen LogP contribution is 2.24. The van der Waals surface area contributed by atoms with Crippen LogP contribution in [0, 0.1) is 0 Å². The van der Waals surface area contributed by atoms with Crippen molar-refractivity contribution >= 4 is 17.3 Å². The maximum atomic E-state index is 11.7. The van der Waals surface area contributed by atoms with Crippen molar-refractivity contribution in [3.05, 3.63) is 49.7 Å². The number of benzene rings is 1. The number of hydrogen-bond acceptors (Lipinski definition) is 4. The Hall–Kier alpha value is -1.65. The van der Waals surface area contributed by atoms with Gasteiger partial charge in [-0.1, -0.05) is 23.7 Å². The summed E-state index contributed by atoms with van der Waals surface area (Å²) >= 11 is 5.83. The fourth-order valence-electron chi connectivity index (χ4n) is 2.06. The van der Waals surface area contributed by atoms with Gasteiger partial charge in [0.1, 0.15) is 0 Å². The van der Waals surface area contributed by atoms with Gasteiger partial charge in [-0.05, 0) is 38.0 Å². The Labute approximate surface area is 128 Å². The number of nitrogens with one attached hydrogen (secondary N) is 1. The van der Waals surface area contributed by atoms with E-state index in [4.69, 9.17) is 16.3 Å². The van der Waals surface area contributed by atoms with Gasteiger partial charge in [0.15, 0.2) is 0 Å². The van der Waals surface area contributed by atoms with E-state index in [0.717, 1.165) is 6.42 Å². The summed E-state index contributed by atoms with van der Waals surface area (Å²) in [7, 11) is 0. The van der Waals surface area contributed by atoms with E-state index in [0.29, 0.717) is 35.0 Å². The fraction of sp³-hybridized carbons (Fsp3) is 0.375. The van der Waals surface area contributed by atoms with Crippen molar-refractivity contribution in [1.29, 1.82) is 0 Å². The normalized spacial score (nSPS) is 11.2. The smallest absolute Gasteiger partial charge is 0.250 e. The summed E-state index contributed by atoms with van der Waals surface area (Å²) in [5.41, 5.74) is 0.654. The van der Waals surface area contributed by atoms with E-state index in [1.807, 2.05) is 13.8 Å². The zero-order chi connectivity index (χ0) is 15.4. The van der Waals surface area contributed by atoms with E-state index in [1.165, 1.54) is 0 Å². The van der Waals surface area contributed by atoms with Crippen molar-refractivity contribution in [2.45, 2.75) is 26.4 Å². The topological polar surface area (TPSA) is 55.4 Å². The Morgan fingerprint density at radius 3 is 2.43 bits per heavy atom. The molecule has 0 aliphatic heterocycles. The second kappa shape index (κ2) is 6.87. The largest absolute Gasteiger partial charge is 0.381 e. The summed E-state index contributed by atoms with van der Waals surface area (Å²) in [5.74, 6) is 0. The zero-order valence-corrected chi connectivity index (χ0v) is 12.9. The first kappa shape index (κ1) is 15.7. The van der Waals surface area contributed by atoms with Crippen LogP contribution >= 0.6 is 11.6 Å². The van der Waals surface area contributed by atoms with Crippen molar-refractivity contribution < 1.29 is 4.74 Å². The lowest BCUT2D eigenvalue weighted by atomic mass is 9.98. The average molecular weight is 308 g/mol. The van der Waals surface area contributed by atoms with Gasteiger partial charge >= 0.3 is 0 Å². The van der Waals surface area contributed by atoms with Crippen LogP contribution in [0.4, 0.5) is 5.69 Å². The molecule has 112 valence electrons. The minimum absolute atomic E-state index is 0.195. The van der Waals surface area contributed by atoms with Crippen LogP contribution in [-0.2, 0) is 4.74 Å². The molecular weight excluding hydrogens is 290 g/mol. The first-order chi connectivity index (χ1) is 10.0. The van der Waals surface area contributed by atoms with Crippen molar-refractivity contribution in [2.24, 2.45) is 0 Å². The predicted octanol–water partition coefficient (Wildman–Crippen LogP) is 2.83. The molecule has 0 saturated heterocycles. The Morgan fingerprint density at radius 1 is 1.14 bits per heavy atom. The minimum Gasteiger partial charge on any atom is -0.381 e. The van der Waals surface area contributed by atoms with Gasteiger partial charge in [0.25, 0.3) is 0 Å². The third kappa shape index (κ3) is 3.71. The van der Waals surface area contributed by atoms with E-state index < -0.39 is 10.9 Å². The van der Waals surface area contributed by atoms with E-state index in [2.05, 4.69) is 5.32 Å². The highest BCUT2D eigenvalue weighted by Gasteiger charge is 2.21. The summed E-state index contributed by atoms with van der Waals surface area (Å²) in [4.78, 5) is 23.4. The second-order valence-electron chi connectivity index (χ2n) is 5.12. The molecule has 4 nitrogen and oxygen atoms in total. The predicted molar refractivity (Wildman–Crippen MR) is 86.0 cm³/mol. The molecule has 21 heavy (non-hydrogen) atoms. The monoisotopic (exact) mass is 307 g/mol. The number of rotatable bonds is 7. The Bertz CT molecular complexity index is 670. The first-order valence-corrected chi connectivity index (χ1v) is 7.33. The van der Waals surface area contributed by atoms with Crippen LogP contribution in [0.3, 0.4) is 0 Å². The molecule has 0 unspecified atom stereocenters. The SMILES string of the molecule is CC(C)OCCCNc1c(-c2ccc(Cl)cc2)c(=O)c1=O. The van der Waals surface area contributed by atoms with E-state index >= 15 is 0 Å². The highest BCUT2D eigenvalue weighted by atomic mass is 35.5. The quantitative estimate of drug-likeness (QED) is 0.631. The van der Waals surface area contributed by atoms with Gasteiger partial charge < -0.3 is 10.1 Å². The molecule has 0 saturated carbocycles. The van der Waals surface area contributed by atoms with Crippen LogP contribution in [0.2, 0.25) is 5.02 Å². The van der Waals surface area contributed by atoms with Crippen molar-refractivity contribution in [2.75, 3.05) is 18.5 Å². The lowest BCUT2D eigenvalue weighted by molar-refractivity contribution is 0.0787. The van der Waals surface area contributed by atoms with Crippen LogP contribution in [0.15, 0.2) is 33.9 Å². The zero-order valence-electron chi connectivity index (χ0n) is 12.1. The van der Waals surface area contributed by atoms with Crippen LogP contribution < -0.4 is 16.2 Å². The van der Waals surface area contributed by atoms with Crippen LogP contribution in [0.5, 0.6) is 0 Å². The third-order valence-corrected chi connectivity index (χ3v) is 3.37. The van der Waals surface area contributed by atoms with Gasteiger partial charge in [0.2, 0.25) is 10.9 Å². The molecule has 0 aromatic heterocycles. The Morgan fingerprint density at radius 2 is 1.81 bits per heavy atom. The van der Waals surface area contributed by atoms with Gasteiger partial charge in [0.05, 0.1) is 17.4 Å². The van der Waals surface area contributed by atoms with Crippen molar-refractivity contribution in [3.63, 3.8) is 0 Å². The standard InChI is InChI=1S/C16H18ClNO3/c1-10(2)21-9-3-8-18-14-13(15(19)16(14)20)11-4-6-12(17)7-5-11/h4-7,10,18H,3,8-9H2,1-2H3. The van der Waals surface area contributed by atoms with Crippen molar-refractivity contribution in [1.82, 2.24) is 0 Å². The molecule has 0 aliphatic rings. The summed E-state index contributed by atoms with van der Waals surface area (Å²) in [6.07, 6.45) is 0.970. The molecule has 1 N–H and O–H groups in total.